The van der Waals surface area contributed by atoms with Crippen molar-refractivity contribution in [3.05, 3.63) is 122 Å². The molecule has 0 fully saturated rings. The number of aliphatic hydroxyl groups is 2. The summed E-state index contributed by atoms with van der Waals surface area (Å²) >= 11 is 0. The second kappa shape index (κ2) is 45.2. The topological polar surface area (TPSA) is 69.6 Å². The first-order valence-corrected chi connectivity index (χ1v) is 22.2. The molecule has 0 radical (unpaired) electrons. The summed E-state index contributed by atoms with van der Waals surface area (Å²) in [6, 6.07) is -0.671. The molecule has 0 aromatic heterocycles. The molecule has 0 aromatic carbocycles. The van der Waals surface area contributed by atoms with Crippen molar-refractivity contribution < 1.29 is 15.0 Å². The van der Waals surface area contributed by atoms with E-state index in [0.29, 0.717) is 6.42 Å². The third kappa shape index (κ3) is 41.8. The van der Waals surface area contributed by atoms with E-state index in [0.717, 1.165) is 89.9 Å². The molecule has 0 saturated heterocycles. The molecule has 0 saturated carbocycles. The molecule has 55 heavy (non-hydrogen) atoms. The van der Waals surface area contributed by atoms with Crippen LogP contribution in [-0.4, -0.2) is 34.9 Å². The van der Waals surface area contributed by atoms with E-state index in [1.807, 2.05) is 6.08 Å². The molecular weight excluding hydrogens is 675 g/mol. The molecule has 0 aliphatic heterocycles. The van der Waals surface area contributed by atoms with E-state index >= 15 is 0 Å². The molecular formula is C51H83NO3. The number of aliphatic hydroxyl groups excluding tert-OH is 2. The summed E-state index contributed by atoms with van der Waals surface area (Å²) in [4.78, 5) is 12.4. The van der Waals surface area contributed by atoms with Gasteiger partial charge in [0.2, 0.25) is 5.91 Å². The number of amides is 1. The van der Waals surface area contributed by atoms with Crippen LogP contribution in [0.3, 0.4) is 0 Å². The van der Waals surface area contributed by atoms with Crippen LogP contribution in [0.15, 0.2) is 122 Å². The molecule has 0 aromatic rings. The second-order valence-corrected chi connectivity index (χ2v) is 14.4. The summed E-state index contributed by atoms with van der Waals surface area (Å²) in [5.74, 6) is -0.122. The van der Waals surface area contributed by atoms with Gasteiger partial charge in [-0.3, -0.25) is 4.79 Å². The average Bonchev–Trinajstić information content (AvgIpc) is 3.19. The minimum Gasteiger partial charge on any atom is -0.394 e. The highest BCUT2D eigenvalue weighted by molar-refractivity contribution is 5.76. The first-order chi connectivity index (χ1) is 27.2. The molecule has 0 rings (SSSR count). The summed E-state index contributed by atoms with van der Waals surface area (Å²) < 4.78 is 0. The lowest BCUT2D eigenvalue weighted by molar-refractivity contribution is -0.123. The lowest BCUT2D eigenvalue weighted by atomic mass is 10.1. The number of carbonyl (C=O) groups is 1. The van der Waals surface area contributed by atoms with Gasteiger partial charge in [0.1, 0.15) is 0 Å². The number of nitrogens with one attached hydrogen (secondary N) is 1. The number of hydrogen-bond acceptors (Lipinski definition) is 3. The maximum Gasteiger partial charge on any atom is 0.220 e. The van der Waals surface area contributed by atoms with Crippen molar-refractivity contribution in [1.29, 1.82) is 0 Å². The number of rotatable bonds is 38. The standard InChI is InChI=1S/C51H83NO3/c1-3-5-7-9-11-13-15-17-19-21-22-23-24-25-26-27-28-29-30-31-33-35-37-39-41-43-45-47-51(55)52-49(48-53)50(54)46-44-42-40-38-36-34-32-20-18-16-14-12-10-8-6-4-2/h5,7,11,13,17,19,22-23,25-26,28-29,31,33,36-39,44,46,49-50,53-54H,3-4,6,8-10,12,14-16,18,20-21,24,27,30,32,34-35,40-43,45,47-48H2,1-2H3,(H,52,55)/b7-5-,13-11-,19-17-,23-22-,26-25-,29-28-,33-31-,38-36+,39-37-,46-44+. The van der Waals surface area contributed by atoms with Crippen LogP contribution in [0, 0.1) is 0 Å². The molecule has 3 N–H and O–H groups in total. The van der Waals surface area contributed by atoms with Crippen molar-refractivity contribution in [2.45, 2.75) is 187 Å². The molecule has 4 heteroatoms. The monoisotopic (exact) mass is 758 g/mol. The molecule has 0 aliphatic carbocycles. The summed E-state index contributed by atoms with van der Waals surface area (Å²) in [6.07, 6.45) is 70.2. The zero-order valence-electron chi connectivity index (χ0n) is 35.4. The molecule has 2 atom stereocenters. The molecule has 0 spiro atoms. The fourth-order valence-electron chi connectivity index (χ4n) is 5.79. The third-order valence-corrected chi connectivity index (χ3v) is 9.18. The van der Waals surface area contributed by atoms with Gasteiger partial charge in [0.15, 0.2) is 0 Å². The molecule has 4 nitrogen and oxygen atoms in total. The Hall–Kier alpha value is -3.21. The van der Waals surface area contributed by atoms with Crippen molar-refractivity contribution in [3.8, 4) is 0 Å². The SMILES string of the molecule is CC/C=C\C/C=C\C/C=C\C/C=C\C/C=C\C/C=C\C/C=C\C/C=C\CCCCC(=O)NC(CO)C(O)/C=C/CC/C=C/CCCCCCCCCCCC. The zero-order chi connectivity index (χ0) is 40.0. The van der Waals surface area contributed by atoms with E-state index in [2.05, 4.69) is 129 Å². The molecule has 0 bridgehead atoms. The quantitative estimate of drug-likeness (QED) is 0.0434. The zero-order valence-corrected chi connectivity index (χ0v) is 35.4. The van der Waals surface area contributed by atoms with E-state index < -0.39 is 12.1 Å². The number of unbranched alkanes of at least 4 members (excludes halogenated alkanes) is 13. The highest BCUT2D eigenvalue weighted by Gasteiger charge is 2.17. The van der Waals surface area contributed by atoms with Crippen LogP contribution >= 0.6 is 0 Å². The smallest absolute Gasteiger partial charge is 0.220 e. The molecule has 1 amide bonds. The molecule has 0 heterocycles. The van der Waals surface area contributed by atoms with Crippen molar-refractivity contribution in [2.75, 3.05) is 6.61 Å². The van der Waals surface area contributed by atoms with Gasteiger partial charge in [-0.25, -0.2) is 0 Å². The maximum absolute atomic E-state index is 12.4. The van der Waals surface area contributed by atoms with Crippen molar-refractivity contribution >= 4 is 5.91 Å². The average molecular weight is 758 g/mol. The molecule has 2 unspecified atom stereocenters. The Bertz CT molecular complexity index is 1130. The van der Waals surface area contributed by atoms with Gasteiger partial charge in [-0.15, -0.1) is 0 Å². The Morgan fingerprint density at radius 1 is 0.455 bits per heavy atom. The van der Waals surface area contributed by atoms with Crippen LogP contribution in [0.25, 0.3) is 0 Å². The van der Waals surface area contributed by atoms with Gasteiger partial charge >= 0.3 is 0 Å². The summed E-state index contributed by atoms with van der Waals surface area (Å²) in [6.45, 7) is 4.14. The first kappa shape index (κ1) is 51.8. The van der Waals surface area contributed by atoms with E-state index in [-0.39, 0.29) is 12.5 Å². The summed E-state index contributed by atoms with van der Waals surface area (Å²) in [5, 5.41) is 22.9. The predicted molar refractivity (Wildman–Crippen MR) is 243 cm³/mol. The summed E-state index contributed by atoms with van der Waals surface area (Å²) in [5.41, 5.74) is 0. The van der Waals surface area contributed by atoms with E-state index in [9.17, 15) is 15.0 Å². The minimum absolute atomic E-state index is 0.122. The number of carbonyl (C=O) groups excluding carboxylic acids is 1. The lowest BCUT2D eigenvalue weighted by Gasteiger charge is -2.19. The first-order valence-electron chi connectivity index (χ1n) is 22.2. The molecule has 0 aliphatic rings. The van der Waals surface area contributed by atoms with Crippen LogP contribution < -0.4 is 5.32 Å². The Kier molecular flexibility index (Phi) is 42.5. The second-order valence-electron chi connectivity index (χ2n) is 14.4. The van der Waals surface area contributed by atoms with Crippen molar-refractivity contribution in [3.63, 3.8) is 0 Å². The Morgan fingerprint density at radius 2 is 0.818 bits per heavy atom. The maximum atomic E-state index is 12.4. The van der Waals surface area contributed by atoms with Crippen LogP contribution in [-0.2, 0) is 4.79 Å². The van der Waals surface area contributed by atoms with Crippen LogP contribution in [0.5, 0.6) is 0 Å². The normalized spacial score (nSPS) is 14.2. The predicted octanol–water partition coefficient (Wildman–Crippen LogP) is 14.2. The number of allylic oxidation sites excluding steroid dienone is 19. The van der Waals surface area contributed by atoms with E-state index in [4.69, 9.17) is 0 Å². The Labute approximate surface area is 339 Å². The summed E-state index contributed by atoms with van der Waals surface area (Å²) in [7, 11) is 0. The van der Waals surface area contributed by atoms with E-state index in [1.54, 1.807) is 6.08 Å². The van der Waals surface area contributed by atoms with Gasteiger partial charge in [-0.1, -0.05) is 193 Å². The highest BCUT2D eigenvalue weighted by atomic mass is 16.3. The Morgan fingerprint density at radius 3 is 1.27 bits per heavy atom. The van der Waals surface area contributed by atoms with Crippen LogP contribution in [0.2, 0.25) is 0 Å². The van der Waals surface area contributed by atoms with Gasteiger partial charge in [0.05, 0.1) is 18.8 Å². The largest absolute Gasteiger partial charge is 0.394 e. The van der Waals surface area contributed by atoms with Gasteiger partial charge in [0, 0.05) is 6.42 Å². The fourth-order valence-corrected chi connectivity index (χ4v) is 5.79. The lowest BCUT2D eigenvalue weighted by Crippen LogP contribution is -2.45. The van der Waals surface area contributed by atoms with Crippen LogP contribution in [0.1, 0.15) is 174 Å². The Balaban J connectivity index is 3.80. The van der Waals surface area contributed by atoms with Crippen LogP contribution in [0.4, 0.5) is 0 Å². The third-order valence-electron chi connectivity index (χ3n) is 9.18. The molecule has 310 valence electrons. The van der Waals surface area contributed by atoms with Crippen molar-refractivity contribution in [2.24, 2.45) is 0 Å². The van der Waals surface area contributed by atoms with Gasteiger partial charge in [-0.05, 0) is 96.3 Å². The fraction of sp³-hybridized carbons (Fsp3) is 0.588. The van der Waals surface area contributed by atoms with Crippen molar-refractivity contribution in [1.82, 2.24) is 5.32 Å². The van der Waals surface area contributed by atoms with Gasteiger partial charge in [0.25, 0.3) is 0 Å². The minimum atomic E-state index is -0.889. The number of hydrogen-bond donors (Lipinski definition) is 3. The highest BCUT2D eigenvalue weighted by Crippen LogP contribution is 2.12. The van der Waals surface area contributed by atoms with E-state index in [1.165, 1.54) is 64.2 Å². The van der Waals surface area contributed by atoms with Gasteiger partial charge in [-0.2, -0.15) is 0 Å². The van der Waals surface area contributed by atoms with Gasteiger partial charge < -0.3 is 15.5 Å².